The number of carbonyl (C=O) groups is 1. The molecule has 0 saturated heterocycles. The van der Waals surface area contributed by atoms with Gasteiger partial charge in [-0.2, -0.15) is 0 Å². The van der Waals surface area contributed by atoms with Crippen LogP contribution in [-0.4, -0.2) is 48.2 Å². The van der Waals surface area contributed by atoms with E-state index >= 15 is 0 Å². The molecule has 6 nitrogen and oxygen atoms in total. The molecule has 0 aromatic carbocycles. The molecule has 1 aromatic heterocycles. The number of aliphatic carboxylic acids is 1. The van der Waals surface area contributed by atoms with Crippen molar-refractivity contribution < 1.29 is 9.90 Å². The van der Waals surface area contributed by atoms with Crippen LogP contribution in [-0.2, 0) is 4.79 Å². The van der Waals surface area contributed by atoms with Crippen molar-refractivity contribution in [2.75, 3.05) is 37.0 Å². The molecule has 0 aliphatic rings. The molecule has 6 heteroatoms. The monoisotopic (exact) mass is 266 g/mol. The van der Waals surface area contributed by atoms with Gasteiger partial charge in [-0.15, -0.1) is 0 Å². The van der Waals surface area contributed by atoms with Crippen LogP contribution >= 0.6 is 0 Å². The maximum absolute atomic E-state index is 10.7. The normalized spacial score (nSPS) is 11.2. The van der Waals surface area contributed by atoms with Crippen LogP contribution in [0.15, 0.2) is 12.4 Å². The average Bonchev–Trinajstić information content (AvgIpc) is 2.26. The standard InChI is InChI=1S/C13H22N4O2/c1-13(2,3)8-17(5)11-6-10(14-9-15-11)16(4)7-12(18)19/h6,9H,7-8H2,1-5H3,(H,18,19). The zero-order valence-electron chi connectivity index (χ0n) is 12.2. The summed E-state index contributed by atoms with van der Waals surface area (Å²) in [7, 11) is 3.67. The van der Waals surface area contributed by atoms with Gasteiger partial charge in [-0.1, -0.05) is 20.8 Å². The molecule has 0 aliphatic heterocycles. The summed E-state index contributed by atoms with van der Waals surface area (Å²) in [6.45, 7) is 7.23. The Morgan fingerprint density at radius 2 is 1.74 bits per heavy atom. The zero-order chi connectivity index (χ0) is 14.6. The molecule has 0 fully saturated rings. The Balaban J connectivity index is 2.84. The van der Waals surface area contributed by atoms with Crippen LogP contribution in [0.4, 0.5) is 11.6 Å². The molecule has 1 aromatic rings. The third kappa shape index (κ3) is 5.11. The van der Waals surface area contributed by atoms with E-state index in [4.69, 9.17) is 5.11 Å². The predicted octanol–water partition coefficient (Wildman–Crippen LogP) is 1.48. The Labute approximate surface area is 114 Å². The van der Waals surface area contributed by atoms with Gasteiger partial charge in [0.15, 0.2) is 0 Å². The third-order valence-corrected chi connectivity index (χ3v) is 2.50. The summed E-state index contributed by atoms with van der Waals surface area (Å²) in [5, 5.41) is 8.78. The summed E-state index contributed by atoms with van der Waals surface area (Å²) in [4.78, 5) is 22.6. The van der Waals surface area contributed by atoms with E-state index < -0.39 is 5.97 Å². The highest BCUT2D eigenvalue weighted by atomic mass is 16.4. The lowest BCUT2D eigenvalue weighted by molar-refractivity contribution is -0.135. The summed E-state index contributed by atoms with van der Waals surface area (Å²) in [6, 6.07) is 1.80. The molecule has 0 atom stereocenters. The number of likely N-dealkylation sites (N-methyl/N-ethyl adjacent to an activating group) is 1. The number of rotatable bonds is 5. The molecule has 0 amide bonds. The Bertz CT molecular complexity index is 443. The fourth-order valence-electron chi connectivity index (χ4n) is 1.83. The average molecular weight is 266 g/mol. The predicted molar refractivity (Wildman–Crippen MR) is 75.7 cm³/mol. The maximum Gasteiger partial charge on any atom is 0.323 e. The van der Waals surface area contributed by atoms with Gasteiger partial charge >= 0.3 is 5.97 Å². The van der Waals surface area contributed by atoms with Crippen molar-refractivity contribution in [2.45, 2.75) is 20.8 Å². The summed E-state index contributed by atoms with van der Waals surface area (Å²) in [5.74, 6) is 0.510. The van der Waals surface area contributed by atoms with Gasteiger partial charge in [-0.25, -0.2) is 9.97 Å². The molecule has 0 unspecified atom stereocenters. The molecule has 19 heavy (non-hydrogen) atoms. The van der Waals surface area contributed by atoms with Gasteiger partial charge in [-0.05, 0) is 5.41 Å². The Kier molecular flexibility index (Phi) is 4.69. The minimum atomic E-state index is -0.884. The number of hydrogen-bond donors (Lipinski definition) is 1. The van der Waals surface area contributed by atoms with Gasteiger partial charge in [0.25, 0.3) is 0 Å². The largest absolute Gasteiger partial charge is 0.480 e. The number of nitrogens with zero attached hydrogens (tertiary/aromatic N) is 4. The van der Waals surface area contributed by atoms with Gasteiger partial charge in [0.1, 0.15) is 24.5 Å². The van der Waals surface area contributed by atoms with Crippen molar-refractivity contribution in [3.63, 3.8) is 0 Å². The van der Waals surface area contributed by atoms with Gasteiger partial charge in [-0.3, -0.25) is 4.79 Å². The number of carboxylic acids is 1. The second kappa shape index (κ2) is 5.86. The molecule has 1 N–H and O–H groups in total. The highest BCUT2D eigenvalue weighted by Crippen LogP contribution is 2.20. The molecule has 106 valence electrons. The van der Waals surface area contributed by atoms with E-state index in [1.807, 2.05) is 11.9 Å². The van der Waals surface area contributed by atoms with E-state index in [9.17, 15) is 4.79 Å². The lowest BCUT2D eigenvalue weighted by Gasteiger charge is -2.28. The van der Waals surface area contributed by atoms with E-state index in [1.54, 1.807) is 18.0 Å². The number of anilines is 2. The third-order valence-electron chi connectivity index (χ3n) is 2.50. The van der Waals surface area contributed by atoms with Crippen molar-refractivity contribution >= 4 is 17.6 Å². The number of carboxylic acid groups (broad SMARTS) is 1. The summed E-state index contributed by atoms with van der Waals surface area (Å²) in [6.07, 6.45) is 1.46. The molecule has 0 bridgehead atoms. The number of hydrogen-bond acceptors (Lipinski definition) is 5. The van der Waals surface area contributed by atoms with Crippen molar-refractivity contribution in [3.8, 4) is 0 Å². The molecule has 0 spiro atoms. The van der Waals surface area contributed by atoms with Gasteiger partial charge < -0.3 is 14.9 Å². The Morgan fingerprint density at radius 1 is 1.21 bits per heavy atom. The molecular weight excluding hydrogens is 244 g/mol. The lowest BCUT2D eigenvalue weighted by Crippen LogP contribution is -2.30. The molecule has 0 aliphatic carbocycles. The lowest BCUT2D eigenvalue weighted by atomic mass is 9.96. The summed E-state index contributed by atoms with van der Waals surface area (Å²) < 4.78 is 0. The smallest absolute Gasteiger partial charge is 0.323 e. The minimum Gasteiger partial charge on any atom is -0.480 e. The van der Waals surface area contributed by atoms with Crippen molar-refractivity contribution in [1.29, 1.82) is 0 Å². The zero-order valence-corrected chi connectivity index (χ0v) is 12.2. The van der Waals surface area contributed by atoms with Crippen LogP contribution in [0.25, 0.3) is 0 Å². The van der Waals surface area contributed by atoms with Crippen molar-refractivity contribution in [1.82, 2.24) is 9.97 Å². The van der Waals surface area contributed by atoms with E-state index in [1.165, 1.54) is 6.33 Å². The number of aromatic nitrogens is 2. The fraction of sp³-hybridized carbons (Fsp3) is 0.615. The summed E-state index contributed by atoms with van der Waals surface area (Å²) in [5.41, 5.74) is 0.160. The van der Waals surface area contributed by atoms with E-state index in [-0.39, 0.29) is 12.0 Å². The van der Waals surface area contributed by atoms with Crippen LogP contribution in [0.1, 0.15) is 20.8 Å². The first-order valence-electron chi connectivity index (χ1n) is 6.15. The first-order valence-corrected chi connectivity index (χ1v) is 6.15. The van der Waals surface area contributed by atoms with Crippen LogP contribution < -0.4 is 9.80 Å². The molecule has 0 saturated carbocycles. The van der Waals surface area contributed by atoms with Crippen LogP contribution in [0.5, 0.6) is 0 Å². The van der Waals surface area contributed by atoms with Crippen LogP contribution in [0, 0.1) is 5.41 Å². The summed E-state index contributed by atoms with van der Waals surface area (Å²) >= 11 is 0. The second-order valence-corrected chi connectivity index (χ2v) is 5.90. The molecule has 1 heterocycles. The second-order valence-electron chi connectivity index (χ2n) is 5.90. The van der Waals surface area contributed by atoms with E-state index in [0.717, 1.165) is 12.4 Å². The maximum atomic E-state index is 10.7. The Morgan fingerprint density at radius 3 is 2.21 bits per heavy atom. The quantitative estimate of drug-likeness (QED) is 0.870. The molecule has 1 rings (SSSR count). The van der Waals surface area contributed by atoms with E-state index in [0.29, 0.717) is 5.82 Å². The Hall–Kier alpha value is -1.85. The van der Waals surface area contributed by atoms with Crippen LogP contribution in [0.2, 0.25) is 0 Å². The van der Waals surface area contributed by atoms with Gasteiger partial charge in [0.05, 0.1) is 0 Å². The van der Waals surface area contributed by atoms with Crippen molar-refractivity contribution in [2.24, 2.45) is 5.41 Å². The fourth-order valence-corrected chi connectivity index (χ4v) is 1.83. The first kappa shape index (κ1) is 15.2. The minimum absolute atomic E-state index is 0.0839. The first-order chi connectivity index (χ1) is 8.69. The van der Waals surface area contributed by atoms with Gasteiger partial charge in [0.2, 0.25) is 0 Å². The molecule has 0 radical (unpaired) electrons. The van der Waals surface area contributed by atoms with E-state index in [2.05, 4.69) is 30.7 Å². The highest BCUT2D eigenvalue weighted by molar-refractivity contribution is 5.73. The van der Waals surface area contributed by atoms with Crippen molar-refractivity contribution in [3.05, 3.63) is 12.4 Å². The highest BCUT2D eigenvalue weighted by Gasteiger charge is 2.16. The van der Waals surface area contributed by atoms with Crippen LogP contribution in [0.3, 0.4) is 0 Å². The SMILES string of the molecule is CN(CC(=O)O)c1cc(N(C)CC(C)(C)C)ncn1. The topological polar surface area (TPSA) is 69.6 Å². The molecular formula is C13H22N4O2. The van der Waals surface area contributed by atoms with Gasteiger partial charge in [0, 0.05) is 26.7 Å².